The van der Waals surface area contributed by atoms with Crippen LogP contribution in [-0.2, 0) is 9.47 Å². The molecule has 4 nitrogen and oxygen atoms in total. The molecule has 0 radical (unpaired) electrons. The standard InChI is InChI=1S/C12H23NO3/c1-10(2)9-16-12(14)13-6-3-11-4-7-15-8-5-11/h10-11H,3-9H2,1-2H3,(H,13,14). The molecule has 16 heavy (non-hydrogen) atoms. The van der Waals surface area contributed by atoms with Crippen molar-refractivity contribution in [1.29, 1.82) is 0 Å². The molecular formula is C12H23NO3. The number of hydrogen-bond acceptors (Lipinski definition) is 3. The molecule has 0 aromatic carbocycles. The highest BCUT2D eigenvalue weighted by Gasteiger charge is 2.13. The Kier molecular flexibility index (Phi) is 6.23. The third-order valence-corrected chi connectivity index (χ3v) is 2.71. The molecule has 0 aromatic rings. The van der Waals surface area contributed by atoms with Crippen molar-refractivity contribution in [3.63, 3.8) is 0 Å². The summed E-state index contributed by atoms with van der Waals surface area (Å²) < 4.78 is 10.3. The summed E-state index contributed by atoms with van der Waals surface area (Å²) in [6.45, 7) is 6.97. The number of rotatable bonds is 5. The Morgan fingerprint density at radius 2 is 2.12 bits per heavy atom. The van der Waals surface area contributed by atoms with Crippen LogP contribution in [0.2, 0.25) is 0 Å². The maximum absolute atomic E-state index is 11.2. The Bertz CT molecular complexity index is 200. The minimum absolute atomic E-state index is 0.291. The molecule has 0 saturated carbocycles. The van der Waals surface area contributed by atoms with Crippen molar-refractivity contribution in [2.75, 3.05) is 26.4 Å². The zero-order valence-corrected chi connectivity index (χ0v) is 10.3. The average Bonchev–Trinajstić information content (AvgIpc) is 2.28. The molecule has 94 valence electrons. The van der Waals surface area contributed by atoms with Gasteiger partial charge in [-0.1, -0.05) is 13.8 Å². The minimum atomic E-state index is -0.291. The van der Waals surface area contributed by atoms with E-state index in [0.29, 0.717) is 25.0 Å². The predicted octanol–water partition coefficient (Wildman–Crippen LogP) is 2.19. The summed E-state index contributed by atoms with van der Waals surface area (Å²) in [5.41, 5.74) is 0. The normalized spacial score (nSPS) is 17.4. The van der Waals surface area contributed by atoms with Gasteiger partial charge in [0.1, 0.15) is 0 Å². The van der Waals surface area contributed by atoms with E-state index >= 15 is 0 Å². The lowest BCUT2D eigenvalue weighted by Crippen LogP contribution is -2.29. The Balaban J connectivity index is 1.99. The number of carbonyl (C=O) groups excluding carboxylic acids is 1. The first-order valence-corrected chi connectivity index (χ1v) is 6.17. The topological polar surface area (TPSA) is 47.6 Å². The second kappa shape index (κ2) is 7.49. The van der Waals surface area contributed by atoms with Crippen molar-refractivity contribution in [3.8, 4) is 0 Å². The highest BCUT2D eigenvalue weighted by molar-refractivity contribution is 5.66. The molecule has 4 heteroatoms. The Hall–Kier alpha value is -0.770. The van der Waals surface area contributed by atoms with Gasteiger partial charge in [-0.3, -0.25) is 0 Å². The van der Waals surface area contributed by atoms with E-state index in [4.69, 9.17) is 9.47 Å². The van der Waals surface area contributed by atoms with Crippen LogP contribution in [-0.4, -0.2) is 32.5 Å². The smallest absolute Gasteiger partial charge is 0.407 e. The molecule has 1 saturated heterocycles. The first-order valence-electron chi connectivity index (χ1n) is 6.17. The fraction of sp³-hybridized carbons (Fsp3) is 0.917. The van der Waals surface area contributed by atoms with Crippen LogP contribution in [0.1, 0.15) is 33.1 Å². The quantitative estimate of drug-likeness (QED) is 0.786. The van der Waals surface area contributed by atoms with Gasteiger partial charge < -0.3 is 14.8 Å². The molecule has 1 rings (SSSR count). The highest BCUT2D eigenvalue weighted by atomic mass is 16.5. The molecule has 0 bridgehead atoms. The van der Waals surface area contributed by atoms with Crippen LogP contribution in [0, 0.1) is 11.8 Å². The van der Waals surface area contributed by atoms with Gasteiger partial charge in [0.25, 0.3) is 0 Å². The van der Waals surface area contributed by atoms with Crippen LogP contribution >= 0.6 is 0 Å². The van der Waals surface area contributed by atoms with Gasteiger partial charge in [0.15, 0.2) is 0 Å². The third kappa shape index (κ3) is 5.95. The number of nitrogens with one attached hydrogen (secondary N) is 1. The summed E-state index contributed by atoms with van der Waals surface area (Å²) in [4.78, 5) is 11.2. The molecule has 0 aromatic heterocycles. The first-order chi connectivity index (χ1) is 7.68. The van der Waals surface area contributed by atoms with Crippen molar-refractivity contribution in [2.45, 2.75) is 33.1 Å². The molecule has 1 amide bonds. The van der Waals surface area contributed by atoms with Gasteiger partial charge in [-0.25, -0.2) is 4.79 Å². The summed E-state index contributed by atoms with van der Waals surface area (Å²) in [5, 5.41) is 2.78. The van der Waals surface area contributed by atoms with Crippen LogP contribution < -0.4 is 5.32 Å². The van der Waals surface area contributed by atoms with Crippen molar-refractivity contribution in [1.82, 2.24) is 5.32 Å². The predicted molar refractivity (Wildman–Crippen MR) is 62.3 cm³/mol. The van der Waals surface area contributed by atoms with E-state index in [2.05, 4.69) is 5.32 Å². The summed E-state index contributed by atoms with van der Waals surface area (Å²) in [6.07, 6.45) is 2.96. The van der Waals surface area contributed by atoms with Crippen LogP contribution in [0.15, 0.2) is 0 Å². The van der Waals surface area contributed by atoms with E-state index in [1.807, 2.05) is 13.8 Å². The lowest BCUT2D eigenvalue weighted by atomic mass is 9.97. The fourth-order valence-corrected chi connectivity index (χ4v) is 1.71. The van der Waals surface area contributed by atoms with E-state index in [9.17, 15) is 4.79 Å². The average molecular weight is 229 g/mol. The monoisotopic (exact) mass is 229 g/mol. The largest absolute Gasteiger partial charge is 0.449 e. The van der Waals surface area contributed by atoms with E-state index < -0.39 is 0 Å². The second-order valence-corrected chi connectivity index (χ2v) is 4.76. The van der Waals surface area contributed by atoms with Crippen LogP contribution in [0.25, 0.3) is 0 Å². The molecule has 0 unspecified atom stereocenters. The Morgan fingerprint density at radius 3 is 2.75 bits per heavy atom. The van der Waals surface area contributed by atoms with Gasteiger partial charge in [-0.05, 0) is 31.1 Å². The molecule has 1 fully saturated rings. The van der Waals surface area contributed by atoms with Gasteiger partial charge in [-0.15, -0.1) is 0 Å². The Labute approximate surface area is 97.7 Å². The van der Waals surface area contributed by atoms with E-state index in [-0.39, 0.29) is 6.09 Å². The summed E-state index contributed by atoms with van der Waals surface area (Å²) in [7, 11) is 0. The second-order valence-electron chi connectivity index (χ2n) is 4.76. The van der Waals surface area contributed by atoms with Gasteiger partial charge >= 0.3 is 6.09 Å². The van der Waals surface area contributed by atoms with Crippen molar-refractivity contribution in [2.24, 2.45) is 11.8 Å². The first kappa shape index (κ1) is 13.3. The number of alkyl carbamates (subject to hydrolysis) is 1. The van der Waals surface area contributed by atoms with E-state index in [0.717, 1.165) is 32.5 Å². The van der Waals surface area contributed by atoms with Gasteiger partial charge in [-0.2, -0.15) is 0 Å². The van der Waals surface area contributed by atoms with Gasteiger partial charge in [0.05, 0.1) is 6.61 Å². The van der Waals surface area contributed by atoms with Crippen LogP contribution in [0.4, 0.5) is 4.79 Å². The molecule has 1 N–H and O–H groups in total. The maximum atomic E-state index is 11.2. The highest BCUT2D eigenvalue weighted by Crippen LogP contribution is 2.17. The maximum Gasteiger partial charge on any atom is 0.407 e. The molecule has 0 aliphatic carbocycles. The van der Waals surface area contributed by atoms with Crippen LogP contribution in [0.3, 0.4) is 0 Å². The lowest BCUT2D eigenvalue weighted by molar-refractivity contribution is 0.0636. The lowest BCUT2D eigenvalue weighted by Gasteiger charge is -2.21. The van der Waals surface area contributed by atoms with Gasteiger partial charge in [0, 0.05) is 19.8 Å². The fourth-order valence-electron chi connectivity index (χ4n) is 1.71. The van der Waals surface area contributed by atoms with Crippen LogP contribution in [0.5, 0.6) is 0 Å². The van der Waals surface area contributed by atoms with Crippen molar-refractivity contribution < 1.29 is 14.3 Å². The molecule has 0 atom stereocenters. The Morgan fingerprint density at radius 1 is 1.44 bits per heavy atom. The number of amides is 1. The summed E-state index contributed by atoms with van der Waals surface area (Å²) in [6, 6.07) is 0. The summed E-state index contributed by atoms with van der Waals surface area (Å²) >= 11 is 0. The van der Waals surface area contributed by atoms with E-state index in [1.54, 1.807) is 0 Å². The SMILES string of the molecule is CC(C)COC(=O)NCCC1CCOCC1. The summed E-state index contributed by atoms with van der Waals surface area (Å²) in [5.74, 6) is 1.08. The zero-order valence-electron chi connectivity index (χ0n) is 10.3. The van der Waals surface area contributed by atoms with Gasteiger partial charge in [0.2, 0.25) is 0 Å². The molecule has 1 heterocycles. The van der Waals surface area contributed by atoms with Crippen molar-refractivity contribution in [3.05, 3.63) is 0 Å². The number of hydrogen-bond donors (Lipinski definition) is 1. The molecule has 1 aliphatic rings. The number of ether oxygens (including phenoxy) is 2. The van der Waals surface area contributed by atoms with Crippen molar-refractivity contribution >= 4 is 6.09 Å². The third-order valence-electron chi connectivity index (χ3n) is 2.71. The minimum Gasteiger partial charge on any atom is -0.449 e. The zero-order chi connectivity index (χ0) is 11.8. The molecule has 0 spiro atoms. The van der Waals surface area contributed by atoms with E-state index in [1.165, 1.54) is 0 Å². The molecular weight excluding hydrogens is 206 g/mol. The number of carbonyl (C=O) groups is 1. The molecule has 1 aliphatic heterocycles.